The average Bonchev–Trinajstić information content (AvgIpc) is 2.51. The first-order chi connectivity index (χ1) is 5.90. The second-order valence-electron chi connectivity index (χ2n) is 2.78. The van der Waals surface area contributed by atoms with Crippen molar-refractivity contribution >= 4 is 23.4 Å². The van der Waals surface area contributed by atoms with E-state index in [1.807, 2.05) is 13.1 Å². The number of nitrogens with one attached hydrogen (secondary N) is 2. The van der Waals surface area contributed by atoms with Crippen LogP contribution >= 0.6 is 12.4 Å². The summed E-state index contributed by atoms with van der Waals surface area (Å²) in [5, 5.41) is 3.11. The van der Waals surface area contributed by atoms with Gasteiger partial charge in [0.05, 0.1) is 17.4 Å². The summed E-state index contributed by atoms with van der Waals surface area (Å²) < 4.78 is 0. The lowest BCUT2D eigenvalue weighted by molar-refractivity contribution is 0.819. The van der Waals surface area contributed by atoms with Gasteiger partial charge >= 0.3 is 0 Å². The minimum atomic E-state index is 0. The molecule has 0 bridgehead atoms. The Hall–Kier alpha value is -1.06. The van der Waals surface area contributed by atoms with Crippen molar-refractivity contribution in [2.45, 2.75) is 6.54 Å². The predicted octanol–water partition coefficient (Wildman–Crippen LogP) is 1.70. The number of aromatic nitrogens is 2. The molecule has 1 aromatic heterocycles. The monoisotopic (exact) mass is 197 g/mol. The van der Waals surface area contributed by atoms with Crippen molar-refractivity contribution in [1.29, 1.82) is 0 Å². The maximum atomic E-state index is 4.14. The first-order valence-corrected chi connectivity index (χ1v) is 3.97. The summed E-state index contributed by atoms with van der Waals surface area (Å²) >= 11 is 0. The molecule has 1 heterocycles. The number of imidazole rings is 1. The van der Waals surface area contributed by atoms with Crippen LogP contribution in [0.4, 0.5) is 0 Å². The van der Waals surface area contributed by atoms with Crippen molar-refractivity contribution in [3.05, 3.63) is 30.1 Å². The molecule has 3 nitrogen and oxygen atoms in total. The summed E-state index contributed by atoms with van der Waals surface area (Å²) in [6.07, 6.45) is 1.72. The molecule has 0 aliphatic heterocycles. The number of nitrogens with zero attached hydrogens (tertiary/aromatic N) is 1. The van der Waals surface area contributed by atoms with E-state index in [-0.39, 0.29) is 12.4 Å². The topological polar surface area (TPSA) is 40.7 Å². The van der Waals surface area contributed by atoms with Crippen LogP contribution in [0.2, 0.25) is 0 Å². The highest BCUT2D eigenvalue weighted by atomic mass is 35.5. The van der Waals surface area contributed by atoms with Gasteiger partial charge in [0, 0.05) is 6.54 Å². The fourth-order valence-corrected chi connectivity index (χ4v) is 1.30. The van der Waals surface area contributed by atoms with Crippen LogP contribution in [0, 0.1) is 0 Å². The molecule has 4 heteroatoms. The molecular weight excluding hydrogens is 186 g/mol. The zero-order valence-electron chi connectivity index (χ0n) is 7.37. The van der Waals surface area contributed by atoms with E-state index < -0.39 is 0 Å². The maximum Gasteiger partial charge on any atom is 0.0931 e. The number of rotatable bonds is 2. The number of halogens is 1. The standard InChI is InChI=1S/C9H11N3.ClH/c1-10-5-7-2-3-8-9(4-7)12-6-11-8;/h2-4,6,10H,5H2,1H3,(H,11,12);1H. The third-order valence-corrected chi connectivity index (χ3v) is 1.87. The van der Waals surface area contributed by atoms with Crippen LogP contribution in [0.3, 0.4) is 0 Å². The molecule has 0 aliphatic carbocycles. The van der Waals surface area contributed by atoms with Gasteiger partial charge in [-0.1, -0.05) is 6.07 Å². The highest BCUT2D eigenvalue weighted by molar-refractivity contribution is 5.85. The van der Waals surface area contributed by atoms with Gasteiger partial charge in [-0.2, -0.15) is 0 Å². The number of benzene rings is 1. The highest BCUT2D eigenvalue weighted by Gasteiger charge is 1.96. The molecule has 0 aliphatic rings. The van der Waals surface area contributed by atoms with Gasteiger partial charge in [0.1, 0.15) is 0 Å². The average molecular weight is 198 g/mol. The minimum Gasteiger partial charge on any atom is -0.345 e. The zero-order chi connectivity index (χ0) is 8.39. The fourth-order valence-electron chi connectivity index (χ4n) is 1.30. The molecule has 13 heavy (non-hydrogen) atoms. The van der Waals surface area contributed by atoms with Crippen LogP contribution in [-0.4, -0.2) is 17.0 Å². The van der Waals surface area contributed by atoms with Gasteiger partial charge < -0.3 is 10.3 Å². The van der Waals surface area contributed by atoms with Gasteiger partial charge in [0.15, 0.2) is 0 Å². The van der Waals surface area contributed by atoms with Crippen LogP contribution < -0.4 is 5.32 Å². The van der Waals surface area contributed by atoms with E-state index in [2.05, 4.69) is 27.4 Å². The Morgan fingerprint density at radius 2 is 2.31 bits per heavy atom. The Morgan fingerprint density at radius 3 is 3.08 bits per heavy atom. The Kier molecular flexibility index (Phi) is 3.28. The Balaban J connectivity index is 0.000000845. The number of hydrogen-bond donors (Lipinski definition) is 2. The van der Waals surface area contributed by atoms with Crippen molar-refractivity contribution in [3.63, 3.8) is 0 Å². The third-order valence-electron chi connectivity index (χ3n) is 1.87. The van der Waals surface area contributed by atoms with Crippen LogP contribution in [0.15, 0.2) is 24.5 Å². The molecule has 1 aromatic carbocycles. The van der Waals surface area contributed by atoms with Crippen LogP contribution in [0.5, 0.6) is 0 Å². The first kappa shape index (κ1) is 10.0. The van der Waals surface area contributed by atoms with Crippen LogP contribution in [0.1, 0.15) is 5.56 Å². The number of H-pyrrole nitrogens is 1. The highest BCUT2D eigenvalue weighted by Crippen LogP contribution is 2.10. The summed E-state index contributed by atoms with van der Waals surface area (Å²) in [4.78, 5) is 7.22. The molecule has 0 fully saturated rings. The Labute approximate surface area is 83.0 Å². The van der Waals surface area contributed by atoms with Gasteiger partial charge in [0.25, 0.3) is 0 Å². The molecule has 0 amide bonds. The van der Waals surface area contributed by atoms with Crippen molar-refractivity contribution in [1.82, 2.24) is 15.3 Å². The van der Waals surface area contributed by atoms with E-state index in [9.17, 15) is 0 Å². The lowest BCUT2D eigenvalue weighted by atomic mass is 10.2. The number of fused-ring (bicyclic) bond motifs is 1. The maximum absolute atomic E-state index is 4.14. The lowest BCUT2D eigenvalue weighted by Gasteiger charge is -1.98. The molecule has 0 saturated heterocycles. The normalized spacial score (nSPS) is 9.92. The zero-order valence-corrected chi connectivity index (χ0v) is 8.19. The van der Waals surface area contributed by atoms with Gasteiger partial charge in [-0.15, -0.1) is 12.4 Å². The summed E-state index contributed by atoms with van der Waals surface area (Å²) in [5.74, 6) is 0. The molecule has 2 rings (SSSR count). The molecule has 0 unspecified atom stereocenters. The molecular formula is C9H12ClN3. The van der Waals surface area contributed by atoms with E-state index in [1.165, 1.54) is 5.56 Å². The first-order valence-electron chi connectivity index (χ1n) is 3.97. The smallest absolute Gasteiger partial charge is 0.0931 e. The predicted molar refractivity (Wildman–Crippen MR) is 56.1 cm³/mol. The molecule has 70 valence electrons. The fraction of sp³-hybridized carbons (Fsp3) is 0.222. The van der Waals surface area contributed by atoms with Crippen molar-refractivity contribution in [2.75, 3.05) is 7.05 Å². The van der Waals surface area contributed by atoms with Gasteiger partial charge in [-0.25, -0.2) is 4.98 Å². The van der Waals surface area contributed by atoms with Crippen LogP contribution in [-0.2, 0) is 6.54 Å². The summed E-state index contributed by atoms with van der Waals surface area (Å²) in [6.45, 7) is 0.898. The van der Waals surface area contributed by atoms with E-state index in [4.69, 9.17) is 0 Å². The molecule has 2 N–H and O–H groups in total. The second kappa shape index (κ2) is 4.25. The van der Waals surface area contributed by atoms with E-state index >= 15 is 0 Å². The minimum absolute atomic E-state index is 0. The number of hydrogen-bond acceptors (Lipinski definition) is 2. The van der Waals surface area contributed by atoms with Crippen molar-refractivity contribution in [2.24, 2.45) is 0 Å². The summed E-state index contributed by atoms with van der Waals surface area (Å²) in [7, 11) is 1.94. The Bertz CT molecular complexity index is 383. The van der Waals surface area contributed by atoms with Gasteiger partial charge in [0.2, 0.25) is 0 Å². The molecule has 0 saturated carbocycles. The van der Waals surface area contributed by atoms with Gasteiger partial charge in [-0.3, -0.25) is 0 Å². The number of aromatic amines is 1. The van der Waals surface area contributed by atoms with Crippen molar-refractivity contribution in [3.8, 4) is 0 Å². The largest absolute Gasteiger partial charge is 0.345 e. The lowest BCUT2D eigenvalue weighted by Crippen LogP contribution is -2.04. The summed E-state index contributed by atoms with van der Waals surface area (Å²) in [6, 6.07) is 6.22. The molecule has 0 radical (unpaired) electrons. The van der Waals surface area contributed by atoms with Crippen molar-refractivity contribution < 1.29 is 0 Å². The second-order valence-corrected chi connectivity index (χ2v) is 2.78. The van der Waals surface area contributed by atoms with Crippen LogP contribution in [0.25, 0.3) is 11.0 Å². The van der Waals surface area contributed by atoms with Gasteiger partial charge in [-0.05, 0) is 24.7 Å². The van der Waals surface area contributed by atoms with E-state index in [0.29, 0.717) is 0 Å². The Morgan fingerprint density at radius 1 is 1.46 bits per heavy atom. The SMILES string of the molecule is CNCc1ccc2nc[nH]c2c1.Cl. The molecule has 0 atom stereocenters. The van der Waals surface area contributed by atoms with E-state index in [0.717, 1.165) is 17.6 Å². The quantitative estimate of drug-likeness (QED) is 0.770. The van der Waals surface area contributed by atoms with E-state index in [1.54, 1.807) is 6.33 Å². The molecule has 0 spiro atoms. The third kappa shape index (κ3) is 1.99. The molecule has 2 aromatic rings. The summed E-state index contributed by atoms with van der Waals surface area (Å²) in [5.41, 5.74) is 3.40.